The molecule has 2 rings (SSSR count). The van der Waals surface area contributed by atoms with Crippen molar-refractivity contribution in [1.29, 1.82) is 0 Å². The predicted octanol–water partition coefficient (Wildman–Crippen LogP) is 2.84. The van der Waals surface area contributed by atoms with E-state index in [4.69, 9.17) is 11.6 Å². The first-order valence-corrected chi connectivity index (χ1v) is 8.22. The molecule has 0 aliphatic heterocycles. The van der Waals surface area contributed by atoms with Gasteiger partial charge < -0.3 is 4.90 Å². The summed E-state index contributed by atoms with van der Waals surface area (Å²) < 4.78 is 24.5. The molecule has 0 aliphatic rings. The van der Waals surface area contributed by atoms with Crippen molar-refractivity contribution in [3.8, 4) is 0 Å². The molecule has 0 aromatic heterocycles. The molecule has 2 aromatic carbocycles. The van der Waals surface area contributed by atoms with Crippen LogP contribution in [-0.2, 0) is 9.84 Å². The Kier molecular flexibility index (Phi) is 4.65. The SMILES string of the molecule is CN(CS(=O)(=O)c1ccccc1)C(=O)c1ccccc1Cl. The number of halogens is 1. The van der Waals surface area contributed by atoms with Crippen molar-refractivity contribution in [3.05, 3.63) is 65.2 Å². The molecule has 0 spiro atoms. The molecule has 0 aliphatic carbocycles. The number of rotatable bonds is 4. The molecule has 2 aromatic rings. The molecule has 0 saturated carbocycles. The van der Waals surface area contributed by atoms with Crippen LogP contribution >= 0.6 is 11.6 Å². The lowest BCUT2D eigenvalue weighted by Crippen LogP contribution is -2.32. The van der Waals surface area contributed by atoms with Crippen molar-refractivity contribution in [1.82, 2.24) is 4.90 Å². The third kappa shape index (κ3) is 3.62. The Morgan fingerprint density at radius 2 is 1.62 bits per heavy atom. The lowest BCUT2D eigenvalue weighted by atomic mass is 10.2. The van der Waals surface area contributed by atoms with Gasteiger partial charge in [0.2, 0.25) is 0 Å². The molecule has 4 nitrogen and oxygen atoms in total. The van der Waals surface area contributed by atoms with E-state index in [9.17, 15) is 13.2 Å². The van der Waals surface area contributed by atoms with Crippen LogP contribution in [0.1, 0.15) is 10.4 Å². The third-order valence-corrected chi connectivity index (χ3v) is 4.96. The monoisotopic (exact) mass is 323 g/mol. The smallest absolute Gasteiger partial charge is 0.255 e. The quantitative estimate of drug-likeness (QED) is 0.869. The van der Waals surface area contributed by atoms with E-state index in [1.54, 1.807) is 42.5 Å². The largest absolute Gasteiger partial charge is 0.327 e. The Morgan fingerprint density at radius 1 is 1.05 bits per heavy atom. The van der Waals surface area contributed by atoms with Gasteiger partial charge in [0.1, 0.15) is 5.88 Å². The fourth-order valence-corrected chi connectivity index (χ4v) is 3.42. The number of benzene rings is 2. The fourth-order valence-electron chi connectivity index (χ4n) is 1.86. The van der Waals surface area contributed by atoms with Crippen molar-refractivity contribution in [3.63, 3.8) is 0 Å². The molecule has 110 valence electrons. The van der Waals surface area contributed by atoms with Crippen LogP contribution in [0.4, 0.5) is 0 Å². The first-order chi connectivity index (χ1) is 9.92. The Balaban J connectivity index is 2.20. The van der Waals surface area contributed by atoms with Gasteiger partial charge in [-0.2, -0.15) is 0 Å². The number of nitrogens with zero attached hydrogens (tertiary/aromatic N) is 1. The molecule has 0 atom stereocenters. The van der Waals surface area contributed by atoms with Crippen molar-refractivity contribution in [2.24, 2.45) is 0 Å². The van der Waals surface area contributed by atoms with Crippen molar-refractivity contribution in [2.75, 3.05) is 12.9 Å². The number of carbonyl (C=O) groups excluding carboxylic acids is 1. The minimum atomic E-state index is -3.56. The molecule has 0 fully saturated rings. The molecule has 1 amide bonds. The topological polar surface area (TPSA) is 54.5 Å². The maximum absolute atomic E-state index is 12.3. The highest BCUT2D eigenvalue weighted by Crippen LogP contribution is 2.18. The minimum Gasteiger partial charge on any atom is -0.327 e. The summed E-state index contributed by atoms with van der Waals surface area (Å²) in [6, 6.07) is 14.6. The Hall–Kier alpha value is -1.85. The van der Waals surface area contributed by atoms with Crippen molar-refractivity contribution in [2.45, 2.75) is 4.90 Å². The van der Waals surface area contributed by atoms with Gasteiger partial charge in [0.15, 0.2) is 9.84 Å². The van der Waals surface area contributed by atoms with E-state index in [0.29, 0.717) is 5.02 Å². The number of sulfone groups is 1. The molecule has 0 unspecified atom stereocenters. The first kappa shape index (κ1) is 15.5. The van der Waals surface area contributed by atoms with Crippen LogP contribution in [0, 0.1) is 0 Å². The van der Waals surface area contributed by atoms with E-state index in [-0.39, 0.29) is 10.5 Å². The van der Waals surface area contributed by atoms with Crippen LogP contribution in [0.2, 0.25) is 5.02 Å². The maximum atomic E-state index is 12.3. The van der Waals surface area contributed by atoms with E-state index in [2.05, 4.69) is 0 Å². The summed E-state index contributed by atoms with van der Waals surface area (Å²) in [5.41, 5.74) is 0.282. The molecule has 0 N–H and O–H groups in total. The molecule has 0 radical (unpaired) electrons. The maximum Gasteiger partial charge on any atom is 0.255 e. The van der Waals surface area contributed by atoms with Gasteiger partial charge in [0.25, 0.3) is 5.91 Å². The zero-order valence-corrected chi connectivity index (χ0v) is 12.9. The van der Waals surface area contributed by atoms with E-state index in [1.165, 1.54) is 19.2 Å². The summed E-state index contributed by atoms with van der Waals surface area (Å²) in [4.78, 5) is 13.6. The normalized spacial score (nSPS) is 11.1. The lowest BCUT2D eigenvalue weighted by molar-refractivity contribution is 0.0817. The van der Waals surface area contributed by atoms with E-state index in [1.807, 2.05) is 0 Å². The molecule has 21 heavy (non-hydrogen) atoms. The summed E-state index contributed by atoms with van der Waals surface area (Å²) in [6.45, 7) is 0. The van der Waals surface area contributed by atoms with Gasteiger partial charge in [-0.05, 0) is 24.3 Å². The average molecular weight is 324 g/mol. The Bertz CT molecular complexity index is 745. The lowest BCUT2D eigenvalue weighted by Gasteiger charge is -2.18. The predicted molar refractivity (Wildman–Crippen MR) is 82.0 cm³/mol. The molecule has 0 heterocycles. The highest BCUT2D eigenvalue weighted by Gasteiger charge is 2.22. The zero-order chi connectivity index (χ0) is 15.5. The van der Waals surface area contributed by atoms with E-state index < -0.39 is 21.6 Å². The first-order valence-electron chi connectivity index (χ1n) is 6.19. The van der Waals surface area contributed by atoms with Gasteiger partial charge in [0.05, 0.1) is 15.5 Å². The average Bonchev–Trinajstić information content (AvgIpc) is 2.47. The van der Waals surface area contributed by atoms with Crippen LogP contribution < -0.4 is 0 Å². The number of hydrogen-bond donors (Lipinski definition) is 0. The van der Waals surface area contributed by atoms with Crippen molar-refractivity contribution >= 4 is 27.3 Å². The molecular formula is C15H14ClNO3S. The Morgan fingerprint density at radius 3 is 2.24 bits per heavy atom. The minimum absolute atomic E-state index is 0.184. The second kappa shape index (κ2) is 6.28. The van der Waals surface area contributed by atoms with E-state index >= 15 is 0 Å². The van der Waals surface area contributed by atoms with Crippen LogP contribution in [0.5, 0.6) is 0 Å². The highest BCUT2D eigenvalue weighted by molar-refractivity contribution is 7.91. The van der Waals surface area contributed by atoms with Crippen LogP contribution in [0.3, 0.4) is 0 Å². The summed E-state index contributed by atoms with van der Waals surface area (Å²) in [5.74, 6) is -0.832. The van der Waals surface area contributed by atoms with Gasteiger partial charge in [-0.15, -0.1) is 0 Å². The number of hydrogen-bond acceptors (Lipinski definition) is 3. The van der Waals surface area contributed by atoms with Gasteiger partial charge in [-0.1, -0.05) is 41.9 Å². The molecule has 6 heteroatoms. The molecular weight excluding hydrogens is 310 g/mol. The van der Waals surface area contributed by atoms with Crippen LogP contribution in [0.15, 0.2) is 59.5 Å². The van der Waals surface area contributed by atoms with Gasteiger partial charge in [-0.3, -0.25) is 4.79 Å². The van der Waals surface area contributed by atoms with E-state index in [0.717, 1.165) is 4.90 Å². The van der Waals surface area contributed by atoms with Gasteiger partial charge in [0, 0.05) is 7.05 Å². The third-order valence-electron chi connectivity index (χ3n) is 2.92. The van der Waals surface area contributed by atoms with Crippen molar-refractivity contribution < 1.29 is 13.2 Å². The standard InChI is InChI=1S/C15H14ClNO3S/c1-17(15(18)13-9-5-6-10-14(13)16)11-21(19,20)12-7-3-2-4-8-12/h2-10H,11H2,1H3. The number of carbonyl (C=O) groups is 1. The molecule has 0 saturated heterocycles. The second-order valence-corrected chi connectivity index (χ2v) is 6.91. The zero-order valence-electron chi connectivity index (χ0n) is 11.4. The fraction of sp³-hybridized carbons (Fsp3) is 0.133. The summed E-state index contributed by atoms with van der Waals surface area (Å²) in [5, 5.41) is 0.298. The second-order valence-electron chi connectivity index (χ2n) is 4.54. The van der Waals surface area contributed by atoms with Gasteiger partial charge in [-0.25, -0.2) is 8.42 Å². The Labute approximate surface area is 128 Å². The van der Waals surface area contributed by atoms with Crippen LogP contribution in [-0.4, -0.2) is 32.1 Å². The number of amides is 1. The molecule has 0 bridgehead atoms. The summed E-state index contributed by atoms with van der Waals surface area (Å²) >= 11 is 5.95. The summed E-state index contributed by atoms with van der Waals surface area (Å²) in [7, 11) is -2.13. The summed E-state index contributed by atoms with van der Waals surface area (Å²) in [6.07, 6.45) is 0. The van der Waals surface area contributed by atoms with Crippen LogP contribution in [0.25, 0.3) is 0 Å². The van der Waals surface area contributed by atoms with Gasteiger partial charge >= 0.3 is 0 Å². The highest BCUT2D eigenvalue weighted by atomic mass is 35.5.